The van der Waals surface area contributed by atoms with E-state index in [-0.39, 0.29) is 16.7 Å². The fourth-order valence-corrected chi connectivity index (χ4v) is 3.13. The fourth-order valence-electron chi connectivity index (χ4n) is 1.86. The molecule has 1 rings (SSSR count). The molecule has 0 aromatic carbocycles. The molecule has 1 aliphatic rings. The first-order valence-corrected chi connectivity index (χ1v) is 10.4. The molecule has 2 atom stereocenters. The smallest absolute Gasteiger partial charge is 0.192 e. The molecule has 1 N–H and O–H groups in total. The predicted octanol–water partition coefficient (Wildman–Crippen LogP) is 3.88. The molecule has 1 aliphatic carbocycles. The third-order valence-corrected chi connectivity index (χ3v) is 8.69. The summed E-state index contributed by atoms with van der Waals surface area (Å²) in [4.78, 5) is 0. The Morgan fingerprint density at radius 3 is 2.20 bits per heavy atom. The Bertz CT molecular complexity index is 363. The second-order valence-electron chi connectivity index (χ2n) is 8.48. The molecule has 0 spiro atoms. The van der Waals surface area contributed by atoms with Crippen molar-refractivity contribution in [2.45, 2.75) is 83.4 Å². The van der Waals surface area contributed by atoms with Gasteiger partial charge in [-0.1, -0.05) is 32.9 Å². The monoisotopic (exact) mass is 300 g/mol. The highest BCUT2D eigenvalue weighted by atomic mass is 28.4. The zero-order chi connectivity index (χ0) is 15.8. The normalized spacial score (nSPS) is 28.1. The Morgan fingerprint density at radius 1 is 1.20 bits per heavy atom. The molecule has 0 heterocycles. The summed E-state index contributed by atoms with van der Waals surface area (Å²) < 4.78 is 12.0. The molecule has 0 amide bonds. The number of hydrogen-bond acceptors (Lipinski definition) is 3. The van der Waals surface area contributed by atoms with Crippen molar-refractivity contribution in [3.05, 3.63) is 12.2 Å². The average molecular weight is 301 g/mol. The van der Waals surface area contributed by atoms with Gasteiger partial charge >= 0.3 is 0 Å². The summed E-state index contributed by atoms with van der Waals surface area (Å²) in [5, 5.41) is 10.7. The SMILES string of the molecule is CC(C)(C)OC[C@@]1(O)C=C[C@H](O[Si](C)(C)C(C)(C)C)C1. The van der Waals surface area contributed by atoms with Crippen molar-refractivity contribution in [3.8, 4) is 0 Å². The molecule has 0 saturated carbocycles. The first-order chi connectivity index (χ1) is 8.74. The van der Waals surface area contributed by atoms with Crippen LogP contribution >= 0.6 is 0 Å². The number of aliphatic hydroxyl groups is 1. The molecule has 0 radical (unpaired) electrons. The summed E-state index contributed by atoms with van der Waals surface area (Å²) in [6.07, 6.45) is 4.43. The van der Waals surface area contributed by atoms with Gasteiger partial charge in [-0.2, -0.15) is 0 Å². The van der Waals surface area contributed by atoms with E-state index in [2.05, 4.69) is 33.9 Å². The fraction of sp³-hybridized carbons (Fsp3) is 0.875. The number of hydrogen-bond donors (Lipinski definition) is 1. The van der Waals surface area contributed by atoms with Crippen molar-refractivity contribution in [1.82, 2.24) is 0 Å². The molecule has 0 unspecified atom stereocenters. The topological polar surface area (TPSA) is 38.7 Å². The van der Waals surface area contributed by atoms with E-state index < -0.39 is 13.9 Å². The third-order valence-electron chi connectivity index (χ3n) is 4.18. The quantitative estimate of drug-likeness (QED) is 0.632. The van der Waals surface area contributed by atoms with Crippen LogP contribution in [-0.4, -0.2) is 37.3 Å². The van der Waals surface area contributed by atoms with Gasteiger partial charge in [-0.05, 0) is 38.9 Å². The Hall–Kier alpha value is -0.163. The Morgan fingerprint density at radius 2 is 1.75 bits per heavy atom. The molecule has 20 heavy (non-hydrogen) atoms. The van der Waals surface area contributed by atoms with Gasteiger partial charge < -0.3 is 14.3 Å². The summed E-state index contributed by atoms with van der Waals surface area (Å²) in [5.41, 5.74) is -1.12. The van der Waals surface area contributed by atoms with Gasteiger partial charge in [0.2, 0.25) is 0 Å². The van der Waals surface area contributed by atoms with Gasteiger partial charge in [0.25, 0.3) is 0 Å². The van der Waals surface area contributed by atoms with Crippen LogP contribution in [0.1, 0.15) is 48.0 Å². The highest BCUT2D eigenvalue weighted by molar-refractivity contribution is 6.74. The average Bonchev–Trinajstić information content (AvgIpc) is 2.55. The molecule has 0 bridgehead atoms. The van der Waals surface area contributed by atoms with Crippen molar-refractivity contribution in [3.63, 3.8) is 0 Å². The summed E-state index contributed by atoms with van der Waals surface area (Å²) in [6.45, 7) is 17.5. The highest BCUT2D eigenvalue weighted by Crippen LogP contribution is 2.39. The van der Waals surface area contributed by atoms with Gasteiger partial charge in [0.15, 0.2) is 8.32 Å². The second kappa shape index (κ2) is 5.56. The Balaban J connectivity index is 2.58. The van der Waals surface area contributed by atoms with Crippen LogP contribution in [-0.2, 0) is 9.16 Å². The number of ether oxygens (including phenoxy) is 1. The van der Waals surface area contributed by atoms with E-state index in [1.165, 1.54) is 0 Å². The van der Waals surface area contributed by atoms with Crippen LogP contribution in [0.2, 0.25) is 18.1 Å². The van der Waals surface area contributed by atoms with Gasteiger partial charge in [-0.3, -0.25) is 0 Å². The minimum Gasteiger partial charge on any atom is -0.410 e. The van der Waals surface area contributed by atoms with E-state index in [9.17, 15) is 5.11 Å². The molecule has 0 aliphatic heterocycles. The van der Waals surface area contributed by atoms with Crippen LogP contribution < -0.4 is 0 Å². The van der Waals surface area contributed by atoms with E-state index >= 15 is 0 Å². The van der Waals surface area contributed by atoms with Crippen molar-refractivity contribution >= 4 is 8.32 Å². The predicted molar refractivity (Wildman–Crippen MR) is 86.5 cm³/mol. The molecular weight excluding hydrogens is 268 g/mol. The van der Waals surface area contributed by atoms with Gasteiger partial charge in [0.1, 0.15) is 5.60 Å². The van der Waals surface area contributed by atoms with Crippen molar-refractivity contribution in [1.29, 1.82) is 0 Å². The zero-order valence-electron chi connectivity index (χ0n) is 14.4. The summed E-state index contributed by atoms with van der Waals surface area (Å²) in [7, 11) is -1.80. The molecular formula is C16H32O3Si. The highest BCUT2D eigenvalue weighted by Gasteiger charge is 2.42. The summed E-state index contributed by atoms with van der Waals surface area (Å²) in [5.74, 6) is 0. The first kappa shape index (κ1) is 17.9. The maximum absolute atomic E-state index is 10.5. The molecule has 0 aromatic rings. The van der Waals surface area contributed by atoms with Crippen molar-refractivity contribution in [2.75, 3.05) is 6.61 Å². The molecule has 0 fully saturated rings. The van der Waals surface area contributed by atoms with Crippen molar-refractivity contribution in [2.24, 2.45) is 0 Å². The van der Waals surface area contributed by atoms with Crippen LogP contribution in [0.4, 0.5) is 0 Å². The van der Waals surface area contributed by atoms with E-state index in [4.69, 9.17) is 9.16 Å². The molecule has 0 aromatic heterocycles. The van der Waals surface area contributed by atoms with Crippen LogP contribution in [0.15, 0.2) is 12.2 Å². The minimum atomic E-state index is -1.80. The molecule has 3 nitrogen and oxygen atoms in total. The second-order valence-corrected chi connectivity index (χ2v) is 13.2. The first-order valence-electron chi connectivity index (χ1n) is 7.48. The zero-order valence-corrected chi connectivity index (χ0v) is 15.4. The summed E-state index contributed by atoms with van der Waals surface area (Å²) >= 11 is 0. The number of rotatable bonds is 4. The van der Waals surface area contributed by atoms with Crippen LogP contribution in [0.3, 0.4) is 0 Å². The van der Waals surface area contributed by atoms with Crippen LogP contribution in [0, 0.1) is 0 Å². The van der Waals surface area contributed by atoms with E-state index in [0.717, 1.165) is 0 Å². The van der Waals surface area contributed by atoms with Gasteiger partial charge in [0, 0.05) is 6.42 Å². The standard InChI is InChI=1S/C16H32O3Si/c1-14(2,3)18-12-16(17)10-9-13(11-16)19-20(7,8)15(4,5)6/h9-10,13,17H,11-12H2,1-8H3/t13-,16+/m0/s1. The van der Waals surface area contributed by atoms with Crippen LogP contribution in [0.5, 0.6) is 0 Å². The van der Waals surface area contributed by atoms with Gasteiger partial charge in [-0.25, -0.2) is 0 Å². The molecule has 118 valence electrons. The lowest BCUT2D eigenvalue weighted by Crippen LogP contribution is -2.44. The van der Waals surface area contributed by atoms with Gasteiger partial charge in [0.05, 0.1) is 18.3 Å². The molecule has 4 heteroatoms. The summed E-state index contributed by atoms with van der Waals surface area (Å²) in [6, 6.07) is 0. The largest absolute Gasteiger partial charge is 0.410 e. The lowest BCUT2D eigenvalue weighted by molar-refractivity contribution is -0.0831. The lowest BCUT2D eigenvalue weighted by atomic mass is 10.0. The minimum absolute atomic E-state index is 0.00413. The molecule has 0 saturated heterocycles. The Labute approximate surface area is 125 Å². The van der Waals surface area contributed by atoms with Crippen LogP contribution in [0.25, 0.3) is 0 Å². The maximum Gasteiger partial charge on any atom is 0.192 e. The lowest BCUT2D eigenvalue weighted by Gasteiger charge is -2.38. The third kappa shape index (κ3) is 4.99. The van der Waals surface area contributed by atoms with Crippen molar-refractivity contribution < 1.29 is 14.3 Å². The van der Waals surface area contributed by atoms with E-state index in [1.807, 2.05) is 32.9 Å². The maximum atomic E-state index is 10.5. The van der Waals surface area contributed by atoms with Gasteiger partial charge in [-0.15, -0.1) is 0 Å². The van der Waals surface area contributed by atoms with E-state index in [1.54, 1.807) is 0 Å². The van der Waals surface area contributed by atoms with E-state index in [0.29, 0.717) is 13.0 Å². The Kier molecular flexibility index (Phi) is 4.97.